The monoisotopic (exact) mass is 210 g/mol. The van der Waals surface area contributed by atoms with Gasteiger partial charge in [-0.1, -0.05) is 0 Å². The van der Waals surface area contributed by atoms with Gasteiger partial charge in [0.1, 0.15) is 17.8 Å². The molecule has 1 atom stereocenters. The van der Waals surface area contributed by atoms with Crippen LogP contribution in [0.5, 0.6) is 0 Å². The van der Waals surface area contributed by atoms with Gasteiger partial charge in [-0.25, -0.2) is 0 Å². The zero-order valence-corrected chi connectivity index (χ0v) is 7.57. The lowest BCUT2D eigenvalue weighted by Crippen LogP contribution is -2.26. The highest BCUT2D eigenvalue weighted by Gasteiger charge is 2.25. The van der Waals surface area contributed by atoms with Crippen molar-refractivity contribution >= 4 is 22.7 Å². The third-order valence-corrected chi connectivity index (χ3v) is 2.73. The van der Waals surface area contributed by atoms with Crippen LogP contribution in [0, 0.1) is 0 Å². The average Bonchev–Trinajstić information content (AvgIpc) is 2.10. The van der Waals surface area contributed by atoms with Crippen molar-refractivity contribution in [3.05, 3.63) is 0 Å². The second-order valence-electron chi connectivity index (χ2n) is 2.12. The van der Waals surface area contributed by atoms with Crippen molar-refractivity contribution in [1.82, 2.24) is 0 Å². The molecule has 76 valence electrons. The minimum atomic E-state index is -4.06. The Labute approximate surface area is 75.6 Å². The predicted octanol–water partition coefficient (Wildman–Crippen LogP) is -1.52. The first-order valence-electron chi connectivity index (χ1n) is 3.46. The van der Waals surface area contributed by atoms with Crippen LogP contribution in [0.15, 0.2) is 0 Å². The minimum absolute atomic E-state index is 0.126. The highest BCUT2D eigenvalue weighted by atomic mass is 32.2. The summed E-state index contributed by atoms with van der Waals surface area (Å²) in [6, 6.07) is 0. The van der Waals surface area contributed by atoms with Crippen molar-refractivity contribution in [2.24, 2.45) is 0 Å². The molecular weight excluding hydrogens is 200 g/mol. The Morgan fingerprint density at radius 2 is 2.00 bits per heavy atom. The van der Waals surface area contributed by atoms with Crippen LogP contribution in [0.25, 0.3) is 0 Å². The third-order valence-electron chi connectivity index (χ3n) is 1.19. The maximum atomic E-state index is 11.0. The number of carbonyl (C=O) groups excluding carboxylic acids is 2. The molecule has 0 saturated heterocycles. The molecule has 0 aromatic heterocycles. The van der Waals surface area contributed by atoms with Gasteiger partial charge in [0, 0.05) is 6.42 Å². The molecule has 0 aromatic carbocycles. The maximum absolute atomic E-state index is 11.0. The van der Waals surface area contributed by atoms with Crippen LogP contribution in [0.3, 0.4) is 0 Å². The molecule has 0 aliphatic rings. The highest BCUT2D eigenvalue weighted by Crippen LogP contribution is 2.04. The standard InChI is InChI=1S/C6H10O6S/c7-2-1-6(5-9)13(10,11)12-4-3-8/h2,5-6,8H,1,3-4H2. The molecule has 0 spiro atoms. The Morgan fingerprint density at radius 1 is 1.38 bits per heavy atom. The smallest absolute Gasteiger partial charge is 0.277 e. The van der Waals surface area contributed by atoms with E-state index in [0.717, 1.165) is 0 Å². The Hall–Kier alpha value is -0.790. The topological polar surface area (TPSA) is 97.7 Å². The van der Waals surface area contributed by atoms with Crippen LogP contribution >= 0.6 is 0 Å². The lowest BCUT2D eigenvalue weighted by atomic mass is 10.4. The molecular formula is C6H10O6S. The second kappa shape index (κ2) is 5.79. The normalized spacial score (nSPS) is 13.6. The summed E-state index contributed by atoms with van der Waals surface area (Å²) in [6.07, 6.45) is 0.0112. The highest BCUT2D eigenvalue weighted by molar-refractivity contribution is 7.88. The van der Waals surface area contributed by atoms with Crippen molar-refractivity contribution in [3.63, 3.8) is 0 Å². The zero-order valence-electron chi connectivity index (χ0n) is 6.75. The maximum Gasteiger partial charge on any atom is 0.277 e. The first-order valence-corrected chi connectivity index (χ1v) is 4.93. The summed E-state index contributed by atoms with van der Waals surface area (Å²) in [7, 11) is -4.06. The minimum Gasteiger partial charge on any atom is -0.394 e. The van der Waals surface area contributed by atoms with Gasteiger partial charge in [0.05, 0.1) is 13.2 Å². The van der Waals surface area contributed by atoms with Gasteiger partial charge in [0.15, 0.2) is 0 Å². The number of aliphatic hydroxyl groups excluding tert-OH is 1. The Morgan fingerprint density at radius 3 is 2.38 bits per heavy atom. The lowest BCUT2D eigenvalue weighted by Gasteiger charge is -2.07. The molecule has 0 aliphatic heterocycles. The number of hydrogen-bond acceptors (Lipinski definition) is 6. The molecule has 0 rings (SSSR count). The SMILES string of the molecule is O=CCC(C=O)S(=O)(=O)OCCO. The van der Waals surface area contributed by atoms with Crippen LogP contribution in [-0.4, -0.2) is 44.6 Å². The van der Waals surface area contributed by atoms with Gasteiger partial charge in [-0.2, -0.15) is 8.42 Å². The van der Waals surface area contributed by atoms with Crippen LogP contribution in [0.4, 0.5) is 0 Å². The van der Waals surface area contributed by atoms with Crippen LogP contribution in [-0.2, 0) is 23.9 Å². The molecule has 0 saturated carbocycles. The van der Waals surface area contributed by atoms with Crippen molar-refractivity contribution in [2.75, 3.05) is 13.2 Å². The number of carbonyl (C=O) groups is 2. The second-order valence-corrected chi connectivity index (χ2v) is 3.94. The summed E-state index contributed by atoms with van der Waals surface area (Å²) in [6.45, 7) is -0.878. The summed E-state index contributed by atoms with van der Waals surface area (Å²) >= 11 is 0. The molecule has 0 bridgehead atoms. The van der Waals surface area contributed by atoms with E-state index in [1.165, 1.54) is 0 Å². The molecule has 6 nitrogen and oxygen atoms in total. The average molecular weight is 210 g/mol. The van der Waals surface area contributed by atoms with Gasteiger partial charge in [-0.15, -0.1) is 0 Å². The molecule has 0 radical (unpaired) electrons. The van der Waals surface area contributed by atoms with E-state index in [-0.39, 0.29) is 6.29 Å². The molecule has 1 N–H and O–H groups in total. The lowest BCUT2D eigenvalue weighted by molar-refractivity contribution is -0.112. The molecule has 0 aliphatic carbocycles. The zero-order chi connectivity index (χ0) is 10.3. The molecule has 7 heteroatoms. The summed E-state index contributed by atoms with van der Waals surface area (Å²) in [4.78, 5) is 20.2. The van der Waals surface area contributed by atoms with Crippen LogP contribution in [0.2, 0.25) is 0 Å². The Kier molecular flexibility index (Phi) is 5.44. The van der Waals surface area contributed by atoms with Gasteiger partial charge in [0.2, 0.25) is 0 Å². The van der Waals surface area contributed by atoms with E-state index in [1.54, 1.807) is 0 Å². The fraction of sp³-hybridized carbons (Fsp3) is 0.667. The molecule has 1 unspecified atom stereocenters. The van der Waals surface area contributed by atoms with E-state index in [0.29, 0.717) is 6.29 Å². The van der Waals surface area contributed by atoms with Crippen LogP contribution in [0.1, 0.15) is 6.42 Å². The van der Waals surface area contributed by atoms with E-state index in [2.05, 4.69) is 4.18 Å². The number of hydrogen-bond donors (Lipinski definition) is 1. The Bertz CT molecular complexity index is 256. The van der Waals surface area contributed by atoms with E-state index in [1.807, 2.05) is 0 Å². The summed E-state index contributed by atoms with van der Waals surface area (Å²) in [5.41, 5.74) is 0. The molecule has 13 heavy (non-hydrogen) atoms. The molecule has 0 amide bonds. The first kappa shape index (κ1) is 12.2. The fourth-order valence-electron chi connectivity index (χ4n) is 0.577. The van der Waals surface area contributed by atoms with Crippen molar-refractivity contribution in [1.29, 1.82) is 0 Å². The fourth-order valence-corrected chi connectivity index (χ4v) is 1.51. The van der Waals surface area contributed by atoms with Gasteiger partial charge in [-0.05, 0) is 0 Å². The molecule has 0 aromatic rings. The molecule has 0 fully saturated rings. The van der Waals surface area contributed by atoms with Crippen molar-refractivity contribution in [3.8, 4) is 0 Å². The van der Waals surface area contributed by atoms with Crippen molar-refractivity contribution in [2.45, 2.75) is 11.7 Å². The first-order chi connectivity index (χ1) is 6.08. The van der Waals surface area contributed by atoms with Gasteiger partial charge in [0.25, 0.3) is 10.1 Å². The number of aldehydes is 2. The van der Waals surface area contributed by atoms with Crippen molar-refractivity contribution < 1.29 is 27.3 Å². The summed E-state index contributed by atoms with van der Waals surface area (Å²) in [5, 5.41) is 6.79. The van der Waals surface area contributed by atoms with Gasteiger partial charge < -0.3 is 14.7 Å². The molecule has 0 heterocycles. The van der Waals surface area contributed by atoms with E-state index in [4.69, 9.17) is 5.11 Å². The van der Waals surface area contributed by atoms with E-state index >= 15 is 0 Å². The largest absolute Gasteiger partial charge is 0.394 e. The third kappa shape index (κ3) is 4.11. The van der Waals surface area contributed by atoms with E-state index in [9.17, 15) is 18.0 Å². The van der Waals surface area contributed by atoms with Crippen LogP contribution < -0.4 is 0 Å². The quantitative estimate of drug-likeness (QED) is 0.405. The van der Waals surface area contributed by atoms with E-state index < -0.39 is 35.0 Å². The summed E-state index contributed by atoms with van der Waals surface area (Å²) < 4.78 is 26.2. The number of aliphatic hydroxyl groups is 1. The van der Waals surface area contributed by atoms with Gasteiger partial charge >= 0.3 is 0 Å². The van der Waals surface area contributed by atoms with Gasteiger partial charge in [-0.3, -0.25) is 4.18 Å². The summed E-state index contributed by atoms with van der Waals surface area (Å²) in [5.74, 6) is 0. The number of rotatable bonds is 7. The predicted molar refractivity (Wildman–Crippen MR) is 42.5 cm³/mol. The Balaban J connectivity index is 4.38.